The molecule has 0 aliphatic carbocycles. The second kappa shape index (κ2) is 14.5. The SMILES string of the molecule is CCCCN(CCCCN(C)C)C(=O)CN1C[C@H](c2cc(OC)c3c(c2)OCO3)C(C(=O)O)[C@@H]1CCn1ccnc1. The number of unbranched alkanes of at least 4 members (excludes halogenated alkanes) is 2. The van der Waals surface area contributed by atoms with Gasteiger partial charge in [-0.3, -0.25) is 14.5 Å². The van der Waals surface area contributed by atoms with Gasteiger partial charge < -0.3 is 33.7 Å². The second-order valence-electron chi connectivity index (χ2n) is 11.3. The van der Waals surface area contributed by atoms with Crippen LogP contribution in [0.15, 0.2) is 30.9 Å². The number of imidazole rings is 1. The Morgan fingerprint density at radius 2 is 1.93 bits per heavy atom. The maximum atomic E-state index is 13.7. The Balaban J connectivity index is 1.58. The lowest BCUT2D eigenvalue weighted by atomic mass is 9.84. The molecule has 11 nitrogen and oxygen atoms in total. The molecule has 2 aromatic rings. The number of methoxy groups -OCH3 is 1. The first-order valence-corrected chi connectivity index (χ1v) is 14.6. The summed E-state index contributed by atoms with van der Waals surface area (Å²) in [5, 5.41) is 10.5. The predicted molar refractivity (Wildman–Crippen MR) is 154 cm³/mol. The summed E-state index contributed by atoms with van der Waals surface area (Å²) in [7, 11) is 5.68. The Bertz CT molecular complexity index is 1140. The number of aryl methyl sites for hydroxylation is 1. The van der Waals surface area contributed by atoms with Gasteiger partial charge in [0.2, 0.25) is 18.4 Å². The Morgan fingerprint density at radius 1 is 1.15 bits per heavy atom. The minimum absolute atomic E-state index is 0.0592. The minimum Gasteiger partial charge on any atom is -0.493 e. The van der Waals surface area contributed by atoms with Crippen molar-refractivity contribution in [2.75, 3.05) is 60.7 Å². The first kappa shape index (κ1) is 30.6. The Hall–Kier alpha value is -3.31. The van der Waals surface area contributed by atoms with Gasteiger partial charge in [0, 0.05) is 50.5 Å². The van der Waals surface area contributed by atoms with Crippen LogP contribution in [0.25, 0.3) is 0 Å². The van der Waals surface area contributed by atoms with Crippen molar-refractivity contribution in [3.63, 3.8) is 0 Å². The standard InChI is InChI=1S/C30H45N5O6/c1-5-6-12-34(13-8-7-11-32(2)3)27(36)19-35-18-23(22-16-25(39-4)29-26(17-22)40-21-41-29)28(30(37)38)24(35)9-14-33-15-10-31-20-33/h10,15-17,20,23-24,28H,5-9,11-14,18-19,21H2,1-4H3,(H,37,38)/t23-,24+,28?/m1/s1. The molecule has 0 bridgehead atoms. The number of ether oxygens (including phenoxy) is 3. The number of hydrogen-bond donors (Lipinski definition) is 1. The summed E-state index contributed by atoms with van der Waals surface area (Å²) in [5.74, 6) is -0.261. The van der Waals surface area contributed by atoms with Crippen molar-refractivity contribution in [1.82, 2.24) is 24.3 Å². The zero-order valence-corrected chi connectivity index (χ0v) is 24.8. The fourth-order valence-electron chi connectivity index (χ4n) is 5.97. The summed E-state index contributed by atoms with van der Waals surface area (Å²) in [6.07, 6.45) is 9.82. The average Bonchev–Trinajstić information content (AvgIpc) is 3.70. The van der Waals surface area contributed by atoms with Crippen molar-refractivity contribution in [2.24, 2.45) is 5.92 Å². The lowest BCUT2D eigenvalue weighted by Gasteiger charge is -2.30. The number of benzene rings is 1. The molecule has 2 aliphatic heterocycles. The molecule has 1 saturated heterocycles. The van der Waals surface area contributed by atoms with Gasteiger partial charge in [-0.2, -0.15) is 0 Å². The molecule has 0 radical (unpaired) electrons. The van der Waals surface area contributed by atoms with Crippen molar-refractivity contribution in [3.8, 4) is 17.2 Å². The van der Waals surface area contributed by atoms with E-state index in [1.54, 1.807) is 19.6 Å². The minimum atomic E-state index is -0.872. The lowest BCUT2D eigenvalue weighted by Crippen LogP contribution is -2.45. The van der Waals surface area contributed by atoms with E-state index in [0.29, 0.717) is 43.3 Å². The molecule has 0 saturated carbocycles. The summed E-state index contributed by atoms with van der Waals surface area (Å²) >= 11 is 0. The van der Waals surface area contributed by atoms with Gasteiger partial charge in [0.25, 0.3) is 0 Å². The van der Waals surface area contributed by atoms with Crippen LogP contribution >= 0.6 is 0 Å². The predicted octanol–water partition coefficient (Wildman–Crippen LogP) is 3.15. The molecular weight excluding hydrogens is 526 g/mol. The molecule has 41 heavy (non-hydrogen) atoms. The van der Waals surface area contributed by atoms with Gasteiger partial charge in [-0.1, -0.05) is 13.3 Å². The topological polar surface area (TPSA) is 110 Å². The number of carboxylic acid groups (broad SMARTS) is 1. The number of likely N-dealkylation sites (tertiary alicyclic amines) is 1. The van der Waals surface area contributed by atoms with Crippen LogP contribution in [-0.4, -0.2) is 108 Å². The van der Waals surface area contributed by atoms with E-state index in [2.05, 4.69) is 35.8 Å². The number of amides is 1. The molecule has 1 unspecified atom stereocenters. The molecule has 3 atom stereocenters. The highest BCUT2D eigenvalue weighted by Gasteiger charge is 2.47. The molecule has 0 spiro atoms. The Kier molecular flexibility index (Phi) is 10.9. The third kappa shape index (κ3) is 7.71. The zero-order chi connectivity index (χ0) is 29.4. The van der Waals surface area contributed by atoms with Crippen molar-refractivity contribution in [1.29, 1.82) is 0 Å². The van der Waals surface area contributed by atoms with E-state index < -0.39 is 11.9 Å². The Morgan fingerprint density at radius 3 is 2.61 bits per heavy atom. The number of fused-ring (bicyclic) bond motifs is 1. The molecular formula is C30H45N5O6. The van der Waals surface area contributed by atoms with Gasteiger partial charge in [-0.25, -0.2) is 4.98 Å². The number of carbonyl (C=O) groups excluding carboxylic acids is 1. The molecule has 2 aliphatic rings. The van der Waals surface area contributed by atoms with Crippen LogP contribution < -0.4 is 14.2 Å². The number of aliphatic carboxylic acids is 1. The summed E-state index contributed by atoms with van der Waals surface area (Å²) in [6.45, 7) is 5.89. The fraction of sp³-hybridized carbons (Fsp3) is 0.633. The quantitative estimate of drug-likeness (QED) is 0.304. The number of hydrogen-bond acceptors (Lipinski definition) is 8. The van der Waals surface area contributed by atoms with E-state index >= 15 is 0 Å². The van der Waals surface area contributed by atoms with Crippen LogP contribution in [0.4, 0.5) is 0 Å². The van der Waals surface area contributed by atoms with Crippen LogP contribution in [0.5, 0.6) is 17.2 Å². The summed E-state index contributed by atoms with van der Waals surface area (Å²) < 4.78 is 18.7. The summed E-state index contributed by atoms with van der Waals surface area (Å²) in [6, 6.07) is 3.38. The first-order valence-electron chi connectivity index (χ1n) is 14.6. The molecule has 1 amide bonds. The molecule has 226 valence electrons. The van der Waals surface area contributed by atoms with Crippen LogP contribution in [0.2, 0.25) is 0 Å². The highest BCUT2D eigenvalue weighted by atomic mass is 16.7. The third-order valence-corrected chi connectivity index (χ3v) is 8.14. The van der Waals surface area contributed by atoms with Crippen molar-refractivity contribution >= 4 is 11.9 Å². The average molecular weight is 572 g/mol. The van der Waals surface area contributed by atoms with E-state index in [4.69, 9.17) is 14.2 Å². The lowest BCUT2D eigenvalue weighted by molar-refractivity contribution is -0.144. The van der Waals surface area contributed by atoms with Gasteiger partial charge in [-0.15, -0.1) is 0 Å². The van der Waals surface area contributed by atoms with Gasteiger partial charge in [-0.05, 0) is 64.0 Å². The van der Waals surface area contributed by atoms with E-state index in [0.717, 1.165) is 44.3 Å². The van der Waals surface area contributed by atoms with Crippen molar-refractivity contribution < 1.29 is 28.9 Å². The maximum Gasteiger partial charge on any atom is 0.308 e. The zero-order valence-electron chi connectivity index (χ0n) is 24.8. The highest BCUT2D eigenvalue weighted by molar-refractivity contribution is 5.79. The monoisotopic (exact) mass is 571 g/mol. The molecule has 11 heteroatoms. The van der Waals surface area contributed by atoms with E-state index in [-0.39, 0.29) is 31.2 Å². The highest BCUT2D eigenvalue weighted by Crippen LogP contribution is 2.47. The number of nitrogens with zero attached hydrogens (tertiary/aromatic N) is 5. The van der Waals surface area contributed by atoms with E-state index in [1.165, 1.54) is 0 Å². The fourth-order valence-corrected chi connectivity index (χ4v) is 5.97. The molecule has 1 aromatic heterocycles. The van der Waals surface area contributed by atoms with Crippen LogP contribution in [0, 0.1) is 5.92 Å². The van der Waals surface area contributed by atoms with Gasteiger partial charge in [0.05, 0.1) is 25.9 Å². The number of carbonyl (C=O) groups is 2. The maximum absolute atomic E-state index is 13.7. The van der Waals surface area contributed by atoms with Gasteiger partial charge in [0.1, 0.15) is 0 Å². The normalized spacial score (nSPS) is 20.1. The first-order chi connectivity index (χ1) is 19.8. The largest absolute Gasteiger partial charge is 0.493 e. The van der Waals surface area contributed by atoms with E-state index in [1.807, 2.05) is 27.8 Å². The molecule has 1 N–H and O–H groups in total. The molecule has 1 aromatic carbocycles. The van der Waals surface area contributed by atoms with Crippen molar-refractivity contribution in [3.05, 3.63) is 36.4 Å². The van der Waals surface area contributed by atoms with Gasteiger partial charge >= 0.3 is 5.97 Å². The third-order valence-electron chi connectivity index (χ3n) is 8.14. The van der Waals surface area contributed by atoms with Crippen LogP contribution in [-0.2, 0) is 16.1 Å². The summed E-state index contributed by atoms with van der Waals surface area (Å²) in [4.78, 5) is 36.9. The van der Waals surface area contributed by atoms with Crippen molar-refractivity contribution in [2.45, 2.75) is 57.5 Å². The van der Waals surface area contributed by atoms with E-state index in [9.17, 15) is 14.7 Å². The second-order valence-corrected chi connectivity index (χ2v) is 11.3. The Labute approximate surface area is 243 Å². The molecule has 3 heterocycles. The number of rotatable bonds is 16. The molecule has 1 fully saturated rings. The van der Waals surface area contributed by atoms with Crippen LogP contribution in [0.3, 0.4) is 0 Å². The van der Waals surface area contributed by atoms with Gasteiger partial charge in [0.15, 0.2) is 11.5 Å². The van der Waals surface area contributed by atoms with Crippen LogP contribution in [0.1, 0.15) is 50.5 Å². The summed E-state index contributed by atoms with van der Waals surface area (Å²) in [5.41, 5.74) is 0.813. The molecule has 4 rings (SSSR count). The number of aromatic nitrogens is 2. The number of carboxylic acids is 1. The smallest absolute Gasteiger partial charge is 0.308 e.